The summed E-state index contributed by atoms with van der Waals surface area (Å²) in [6.07, 6.45) is 11.4. The second-order valence-electron chi connectivity index (χ2n) is 8.53. The zero-order valence-electron chi connectivity index (χ0n) is 14.7. The van der Waals surface area contributed by atoms with E-state index in [1.165, 1.54) is 19.3 Å². The molecule has 1 heterocycles. The summed E-state index contributed by atoms with van der Waals surface area (Å²) < 4.78 is 23.6. The van der Waals surface area contributed by atoms with Gasteiger partial charge in [0.25, 0.3) is 0 Å². The van der Waals surface area contributed by atoms with Gasteiger partial charge in [0.05, 0.1) is 19.3 Å². The maximum Gasteiger partial charge on any atom is 0.192 e. The maximum atomic E-state index is 6.18. The molecule has 1 saturated heterocycles. The highest BCUT2D eigenvalue weighted by Gasteiger charge is 2.61. The van der Waals surface area contributed by atoms with Crippen LogP contribution in [-0.2, 0) is 18.9 Å². The zero-order chi connectivity index (χ0) is 16.1. The molecule has 4 nitrogen and oxygen atoms in total. The number of hydrogen-bond donors (Lipinski definition) is 0. The van der Waals surface area contributed by atoms with Gasteiger partial charge in [0, 0.05) is 6.42 Å². The Bertz CT molecular complexity index is 498. The molecule has 4 bridgehead atoms. The summed E-state index contributed by atoms with van der Waals surface area (Å²) in [7, 11) is 0. The van der Waals surface area contributed by atoms with Crippen LogP contribution in [0.5, 0.6) is 0 Å². The van der Waals surface area contributed by atoms with Crippen LogP contribution in [-0.4, -0.2) is 38.5 Å². The molecule has 0 N–H and O–H groups in total. The molecule has 7 atom stereocenters. The Morgan fingerprint density at radius 3 is 2.62 bits per heavy atom. The average molecular weight is 334 g/mol. The van der Waals surface area contributed by atoms with Crippen LogP contribution in [0.1, 0.15) is 39.0 Å². The molecule has 5 aliphatic rings. The highest BCUT2D eigenvalue weighted by atomic mass is 16.8. The van der Waals surface area contributed by atoms with E-state index in [0.717, 1.165) is 48.3 Å². The lowest BCUT2D eigenvalue weighted by Gasteiger charge is -2.36. The first kappa shape index (κ1) is 15.8. The molecule has 5 rings (SSSR count). The topological polar surface area (TPSA) is 36.9 Å². The van der Waals surface area contributed by atoms with Crippen molar-refractivity contribution < 1.29 is 18.9 Å². The summed E-state index contributed by atoms with van der Waals surface area (Å²) in [5.74, 6) is 4.75. The Kier molecular flexibility index (Phi) is 4.01. The number of allylic oxidation sites excluding steroid dienone is 2. The minimum Gasteiger partial charge on any atom is -0.352 e. The van der Waals surface area contributed by atoms with Crippen LogP contribution in [0.3, 0.4) is 0 Å². The van der Waals surface area contributed by atoms with Crippen molar-refractivity contribution in [3.8, 4) is 0 Å². The van der Waals surface area contributed by atoms with Gasteiger partial charge in [-0.15, -0.1) is 0 Å². The Morgan fingerprint density at radius 2 is 1.83 bits per heavy atom. The third kappa shape index (κ3) is 2.41. The van der Waals surface area contributed by atoms with Crippen LogP contribution < -0.4 is 0 Å². The van der Waals surface area contributed by atoms with Crippen molar-refractivity contribution >= 4 is 0 Å². The smallest absolute Gasteiger partial charge is 0.192 e. The predicted molar refractivity (Wildman–Crippen MR) is 89.2 cm³/mol. The molecule has 24 heavy (non-hydrogen) atoms. The van der Waals surface area contributed by atoms with Gasteiger partial charge in [-0.2, -0.15) is 0 Å². The van der Waals surface area contributed by atoms with Crippen molar-refractivity contribution in [1.82, 2.24) is 0 Å². The second-order valence-corrected chi connectivity index (χ2v) is 8.53. The van der Waals surface area contributed by atoms with Crippen LogP contribution >= 0.6 is 0 Å². The van der Waals surface area contributed by atoms with Crippen LogP contribution in [0, 0.1) is 35.5 Å². The van der Waals surface area contributed by atoms with Gasteiger partial charge < -0.3 is 18.9 Å². The number of fused-ring (bicyclic) bond motifs is 9. The molecule has 134 valence electrons. The van der Waals surface area contributed by atoms with Crippen molar-refractivity contribution in [3.05, 3.63) is 12.2 Å². The van der Waals surface area contributed by atoms with Gasteiger partial charge in [0.1, 0.15) is 13.4 Å². The third-order valence-corrected chi connectivity index (χ3v) is 7.34. The molecule has 0 aromatic carbocycles. The largest absolute Gasteiger partial charge is 0.352 e. The maximum absolute atomic E-state index is 6.18. The Balaban J connectivity index is 1.12. The highest BCUT2D eigenvalue weighted by molar-refractivity contribution is 5.20. The molecular weight excluding hydrogens is 304 g/mol. The molecule has 7 unspecified atom stereocenters. The van der Waals surface area contributed by atoms with Crippen LogP contribution in [0.2, 0.25) is 0 Å². The fourth-order valence-electron chi connectivity index (χ4n) is 6.66. The highest BCUT2D eigenvalue weighted by Crippen LogP contribution is 2.65. The third-order valence-electron chi connectivity index (χ3n) is 7.34. The normalized spacial score (nSPS) is 47.0. The first-order valence-corrected chi connectivity index (χ1v) is 9.95. The summed E-state index contributed by atoms with van der Waals surface area (Å²) in [6, 6.07) is 0. The molecule has 0 amide bonds. The minimum absolute atomic E-state index is 0.382. The minimum atomic E-state index is -0.521. The molecule has 1 aliphatic heterocycles. The molecule has 4 aliphatic carbocycles. The quantitative estimate of drug-likeness (QED) is 0.310. The molecule has 0 spiro atoms. The van der Waals surface area contributed by atoms with Gasteiger partial charge in [-0.3, -0.25) is 0 Å². The molecule has 4 fully saturated rings. The molecule has 4 heteroatoms. The van der Waals surface area contributed by atoms with Crippen molar-refractivity contribution in [1.29, 1.82) is 0 Å². The van der Waals surface area contributed by atoms with Gasteiger partial charge in [-0.05, 0) is 54.8 Å². The van der Waals surface area contributed by atoms with Gasteiger partial charge >= 0.3 is 0 Å². The van der Waals surface area contributed by atoms with E-state index < -0.39 is 5.79 Å². The van der Waals surface area contributed by atoms with Gasteiger partial charge in [0.2, 0.25) is 0 Å². The van der Waals surface area contributed by atoms with E-state index >= 15 is 0 Å². The number of ether oxygens (including phenoxy) is 4. The van der Waals surface area contributed by atoms with Gasteiger partial charge in [-0.25, -0.2) is 0 Å². The summed E-state index contributed by atoms with van der Waals surface area (Å²) in [5, 5.41) is 0. The number of rotatable bonds is 7. The second kappa shape index (κ2) is 6.08. The average Bonchev–Trinajstić information content (AvgIpc) is 3.36. The standard InChI is InChI=1S/C20H30O4/c1-2-5-20(23-6-7-24-20)11-21-12-22-17-10-15-9-16(17)19-14-4-3-13(8-14)18(15)19/h3-4,13-19H,2,5-12H2,1H3. The lowest BCUT2D eigenvalue weighted by Crippen LogP contribution is -2.38. The van der Waals surface area contributed by atoms with E-state index in [4.69, 9.17) is 18.9 Å². The first-order valence-electron chi connectivity index (χ1n) is 9.95. The molecular formula is C20H30O4. The van der Waals surface area contributed by atoms with E-state index in [1.54, 1.807) is 0 Å². The van der Waals surface area contributed by atoms with Crippen molar-refractivity contribution in [2.45, 2.75) is 50.9 Å². The molecule has 0 aromatic rings. The van der Waals surface area contributed by atoms with Crippen molar-refractivity contribution in [2.75, 3.05) is 26.6 Å². The van der Waals surface area contributed by atoms with Crippen molar-refractivity contribution in [2.24, 2.45) is 35.5 Å². The lowest BCUT2D eigenvalue weighted by molar-refractivity contribution is -0.222. The monoisotopic (exact) mass is 334 g/mol. The van der Waals surface area contributed by atoms with E-state index in [9.17, 15) is 0 Å². The summed E-state index contributed by atoms with van der Waals surface area (Å²) in [6.45, 7) is 4.37. The Hall–Kier alpha value is -0.420. The first-order chi connectivity index (χ1) is 11.8. The summed E-state index contributed by atoms with van der Waals surface area (Å²) >= 11 is 0. The summed E-state index contributed by atoms with van der Waals surface area (Å²) in [5.41, 5.74) is 0. The number of hydrogen-bond acceptors (Lipinski definition) is 4. The van der Waals surface area contributed by atoms with Crippen LogP contribution in [0.15, 0.2) is 12.2 Å². The van der Waals surface area contributed by atoms with E-state index in [2.05, 4.69) is 19.1 Å². The predicted octanol–water partition coefficient (Wildman–Crippen LogP) is 3.37. The Labute approximate surface area is 144 Å². The van der Waals surface area contributed by atoms with E-state index in [0.29, 0.717) is 32.7 Å². The van der Waals surface area contributed by atoms with E-state index in [-0.39, 0.29) is 0 Å². The Morgan fingerprint density at radius 1 is 1.04 bits per heavy atom. The summed E-state index contributed by atoms with van der Waals surface area (Å²) in [4.78, 5) is 0. The molecule has 0 radical (unpaired) electrons. The SMILES string of the molecule is CCCC1(COCOC2CC3CC2C2C4C=CC(C4)C32)OCCO1. The fraction of sp³-hybridized carbons (Fsp3) is 0.900. The fourth-order valence-corrected chi connectivity index (χ4v) is 6.66. The molecule has 3 saturated carbocycles. The molecule has 0 aromatic heterocycles. The van der Waals surface area contributed by atoms with E-state index in [1.807, 2.05) is 0 Å². The van der Waals surface area contributed by atoms with Gasteiger partial charge in [0.15, 0.2) is 5.79 Å². The van der Waals surface area contributed by atoms with Gasteiger partial charge in [-0.1, -0.05) is 25.5 Å². The lowest BCUT2D eigenvalue weighted by atomic mass is 9.72. The van der Waals surface area contributed by atoms with Crippen LogP contribution in [0.25, 0.3) is 0 Å². The van der Waals surface area contributed by atoms with Crippen molar-refractivity contribution in [3.63, 3.8) is 0 Å². The zero-order valence-corrected chi connectivity index (χ0v) is 14.7. The van der Waals surface area contributed by atoms with Crippen LogP contribution in [0.4, 0.5) is 0 Å².